The van der Waals surface area contributed by atoms with E-state index < -0.39 is 5.91 Å². The quantitative estimate of drug-likeness (QED) is 0.591. The zero-order valence-electron chi connectivity index (χ0n) is 17.6. The fourth-order valence-corrected chi connectivity index (χ4v) is 2.89. The Morgan fingerprint density at radius 2 is 1.97 bits per heavy atom. The van der Waals surface area contributed by atoms with E-state index in [1.54, 1.807) is 19.2 Å². The largest absolute Gasteiger partial charge is 0.485 e. The zero-order chi connectivity index (χ0) is 21.7. The SMILES string of the molecule is CCCNC(=O)c1c(NC(=O)c2ccc(COc3cc(C)ccc3C)o2)cnn1C. The van der Waals surface area contributed by atoms with Crippen LogP contribution in [0.1, 0.15) is 51.3 Å². The summed E-state index contributed by atoms with van der Waals surface area (Å²) in [4.78, 5) is 24.9. The number of carbonyl (C=O) groups is 2. The third-order valence-corrected chi connectivity index (χ3v) is 4.54. The van der Waals surface area contributed by atoms with E-state index in [0.29, 0.717) is 18.0 Å². The molecule has 0 aliphatic carbocycles. The molecule has 3 aromatic rings. The Labute approximate surface area is 175 Å². The third kappa shape index (κ3) is 4.89. The van der Waals surface area contributed by atoms with Crippen LogP contribution in [-0.2, 0) is 13.7 Å². The lowest BCUT2D eigenvalue weighted by molar-refractivity contribution is 0.0945. The van der Waals surface area contributed by atoms with E-state index in [4.69, 9.17) is 9.15 Å². The molecule has 3 rings (SSSR count). The first-order chi connectivity index (χ1) is 14.4. The van der Waals surface area contributed by atoms with E-state index in [-0.39, 0.29) is 24.0 Å². The van der Waals surface area contributed by atoms with Gasteiger partial charge in [0, 0.05) is 13.6 Å². The molecule has 0 atom stereocenters. The van der Waals surface area contributed by atoms with Gasteiger partial charge in [-0.25, -0.2) is 0 Å². The van der Waals surface area contributed by atoms with E-state index >= 15 is 0 Å². The summed E-state index contributed by atoms with van der Waals surface area (Å²) in [6.07, 6.45) is 2.25. The topological polar surface area (TPSA) is 98.4 Å². The summed E-state index contributed by atoms with van der Waals surface area (Å²) in [5, 5.41) is 9.54. The van der Waals surface area contributed by atoms with Gasteiger partial charge in [0.05, 0.1) is 11.9 Å². The maximum absolute atomic E-state index is 12.6. The van der Waals surface area contributed by atoms with Crippen LogP contribution in [0.5, 0.6) is 5.75 Å². The Balaban J connectivity index is 1.66. The number of aromatic nitrogens is 2. The minimum absolute atomic E-state index is 0.123. The van der Waals surface area contributed by atoms with E-state index in [1.165, 1.54) is 10.9 Å². The van der Waals surface area contributed by atoms with Crippen LogP contribution in [-0.4, -0.2) is 28.1 Å². The average molecular weight is 410 g/mol. The highest BCUT2D eigenvalue weighted by Gasteiger charge is 2.20. The molecule has 8 nitrogen and oxygen atoms in total. The van der Waals surface area contributed by atoms with Gasteiger partial charge in [0.15, 0.2) is 5.76 Å². The summed E-state index contributed by atoms with van der Waals surface area (Å²) in [7, 11) is 1.64. The van der Waals surface area contributed by atoms with Crippen molar-refractivity contribution >= 4 is 17.5 Å². The van der Waals surface area contributed by atoms with Crippen LogP contribution >= 0.6 is 0 Å². The van der Waals surface area contributed by atoms with Crippen LogP contribution < -0.4 is 15.4 Å². The zero-order valence-corrected chi connectivity index (χ0v) is 17.6. The average Bonchev–Trinajstić information content (AvgIpc) is 3.33. The van der Waals surface area contributed by atoms with Crippen LogP contribution in [0.15, 0.2) is 40.9 Å². The summed E-state index contributed by atoms with van der Waals surface area (Å²) in [6, 6.07) is 9.24. The monoisotopic (exact) mass is 410 g/mol. The number of benzene rings is 1. The van der Waals surface area contributed by atoms with Gasteiger partial charge in [-0.05, 0) is 49.6 Å². The van der Waals surface area contributed by atoms with Crippen molar-refractivity contribution in [2.45, 2.75) is 33.8 Å². The van der Waals surface area contributed by atoms with E-state index in [1.807, 2.05) is 39.0 Å². The molecule has 0 fully saturated rings. The van der Waals surface area contributed by atoms with Gasteiger partial charge in [-0.3, -0.25) is 14.3 Å². The molecule has 2 amide bonds. The van der Waals surface area contributed by atoms with Crippen LogP contribution in [0.3, 0.4) is 0 Å². The highest BCUT2D eigenvalue weighted by atomic mass is 16.5. The lowest BCUT2D eigenvalue weighted by Gasteiger charge is -2.09. The molecule has 30 heavy (non-hydrogen) atoms. The first-order valence-corrected chi connectivity index (χ1v) is 9.79. The van der Waals surface area contributed by atoms with Gasteiger partial charge in [-0.1, -0.05) is 19.1 Å². The number of nitrogens with zero attached hydrogens (tertiary/aromatic N) is 2. The molecule has 158 valence electrons. The Hall–Kier alpha value is -3.55. The molecule has 2 N–H and O–H groups in total. The first-order valence-electron chi connectivity index (χ1n) is 9.79. The highest BCUT2D eigenvalue weighted by Crippen LogP contribution is 2.21. The lowest BCUT2D eigenvalue weighted by atomic mass is 10.1. The number of furan rings is 1. The van der Waals surface area contributed by atoms with Gasteiger partial charge in [-0.15, -0.1) is 0 Å². The number of rotatable bonds is 8. The van der Waals surface area contributed by atoms with Gasteiger partial charge in [0.1, 0.15) is 23.8 Å². The van der Waals surface area contributed by atoms with E-state index in [9.17, 15) is 9.59 Å². The van der Waals surface area contributed by atoms with Crippen molar-refractivity contribution in [3.63, 3.8) is 0 Å². The fraction of sp³-hybridized carbons (Fsp3) is 0.318. The lowest BCUT2D eigenvalue weighted by Crippen LogP contribution is -2.27. The molecule has 0 saturated heterocycles. The maximum atomic E-state index is 12.6. The van der Waals surface area contributed by atoms with Crippen LogP contribution in [0.4, 0.5) is 5.69 Å². The van der Waals surface area contributed by atoms with E-state index in [2.05, 4.69) is 15.7 Å². The summed E-state index contributed by atoms with van der Waals surface area (Å²) in [5.74, 6) is 0.654. The van der Waals surface area contributed by atoms with Crippen LogP contribution in [0.25, 0.3) is 0 Å². The summed E-state index contributed by atoms with van der Waals surface area (Å²) in [6.45, 7) is 6.67. The number of aryl methyl sites for hydroxylation is 3. The summed E-state index contributed by atoms with van der Waals surface area (Å²) < 4.78 is 12.9. The van der Waals surface area contributed by atoms with Crippen molar-refractivity contribution in [1.82, 2.24) is 15.1 Å². The molecular weight excluding hydrogens is 384 g/mol. The molecule has 0 saturated carbocycles. The molecule has 0 aliphatic rings. The number of ether oxygens (including phenoxy) is 1. The minimum atomic E-state index is -0.467. The number of amides is 2. The molecule has 2 heterocycles. The van der Waals surface area contributed by atoms with Gasteiger partial charge < -0.3 is 19.8 Å². The predicted molar refractivity (Wildman–Crippen MR) is 113 cm³/mol. The first kappa shape index (κ1) is 21.2. The van der Waals surface area contributed by atoms with Crippen LogP contribution in [0, 0.1) is 13.8 Å². The Kier molecular flexibility index (Phi) is 6.56. The maximum Gasteiger partial charge on any atom is 0.291 e. The Bertz CT molecular complexity index is 1050. The minimum Gasteiger partial charge on any atom is -0.485 e. The van der Waals surface area contributed by atoms with Gasteiger partial charge in [-0.2, -0.15) is 5.10 Å². The summed E-state index contributed by atoms with van der Waals surface area (Å²) in [5.41, 5.74) is 2.73. The number of hydrogen-bond acceptors (Lipinski definition) is 5. The molecule has 1 aromatic carbocycles. The second kappa shape index (κ2) is 9.30. The molecule has 0 unspecified atom stereocenters. The number of anilines is 1. The van der Waals surface area contributed by atoms with Crippen molar-refractivity contribution < 1.29 is 18.7 Å². The normalized spacial score (nSPS) is 10.7. The second-order valence-electron chi connectivity index (χ2n) is 7.06. The number of hydrogen-bond donors (Lipinski definition) is 2. The molecule has 0 spiro atoms. The predicted octanol–water partition coefficient (Wildman–Crippen LogP) is 3.60. The molecule has 0 bridgehead atoms. The molecule has 0 radical (unpaired) electrons. The Morgan fingerprint density at radius 1 is 1.17 bits per heavy atom. The summed E-state index contributed by atoms with van der Waals surface area (Å²) >= 11 is 0. The van der Waals surface area contributed by atoms with Crippen molar-refractivity contribution in [2.24, 2.45) is 7.05 Å². The number of nitrogens with one attached hydrogen (secondary N) is 2. The Morgan fingerprint density at radius 3 is 2.73 bits per heavy atom. The van der Waals surface area contributed by atoms with Gasteiger partial charge in [0.2, 0.25) is 0 Å². The molecule has 0 aliphatic heterocycles. The standard InChI is InChI=1S/C22H26N4O4/c1-5-10-23-22(28)20-17(12-24-26(20)4)25-21(27)18-9-8-16(30-18)13-29-19-11-14(2)6-7-15(19)3/h6-9,11-12H,5,10,13H2,1-4H3,(H,23,28)(H,25,27). The van der Waals surface area contributed by atoms with Crippen molar-refractivity contribution in [1.29, 1.82) is 0 Å². The highest BCUT2D eigenvalue weighted by molar-refractivity contribution is 6.07. The third-order valence-electron chi connectivity index (χ3n) is 4.54. The smallest absolute Gasteiger partial charge is 0.291 e. The number of carbonyl (C=O) groups excluding carboxylic acids is 2. The molecule has 2 aromatic heterocycles. The van der Waals surface area contributed by atoms with E-state index in [0.717, 1.165) is 23.3 Å². The van der Waals surface area contributed by atoms with Gasteiger partial charge >= 0.3 is 0 Å². The van der Waals surface area contributed by atoms with Crippen LogP contribution in [0.2, 0.25) is 0 Å². The van der Waals surface area contributed by atoms with Crippen molar-refractivity contribution in [3.05, 3.63) is 64.9 Å². The fourth-order valence-electron chi connectivity index (χ4n) is 2.89. The molecule has 8 heteroatoms. The molecular formula is C22H26N4O4. The van der Waals surface area contributed by atoms with Crippen molar-refractivity contribution in [2.75, 3.05) is 11.9 Å². The van der Waals surface area contributed by atoms with Crippen molar-refractivity contribution in [3.8, 4) is 5.75 Å². The second-order valence-corrected chi connectivity index (χ2v) is 7.06. The van der Waals surface area contributed by atoms with Gasteiger partial charge in [0.25, 0.3) is 11.8 Å².